The SMILES string of the molecule is CN(C)c1ccnc(NC2CCCN(Cc3cccc([N+](=O)[O-])c3)C2)n1. The predicted molar refractivity (Wildman–Crippen MR) is 101 cm³/mol. The summed E-state index contributed by atoms with van der Waals surface area (Å²) >= 11 is 0. The Kier molecular flexibility index (Phi) is 5.62. The van der Waals surface area contributed by atoms with Gasteiger partial charge in [0.25, 0.3) is 5.69 Å². The van der Waals surface area contributed by atoms with Crippen LogP contribution in [0.25, 0.3) is 0 Å². The fourth-order valence-electron chi connectivity index (χ4n) is 3.19. The van der Waals surface area contributed by atoms with Gasteiger partial charge in [0.1, 0.15) is 5.82 Å². The molecule has 1 N–H and O–H groups in total. The molecular formula is C18H24N6O2. The molecule has 1 aromatic carbocycles. The maximum Gasteiger partial charge on any atom is 0.269 e. The number of hydrogen-bond acceptors (Lipinski definition) is 7. The van der Waals surface area contributed by atoms with E-state index in [9.17, 15) is 10.1 Å². The minimum absolute atomic E-state index is 0.142. The van der Waals surface area contributed by atoms with Crippen molar-refractivity contribution < 1.29 is 4.92 Å². The van der Waals surface area contributed by atoms with Crippen molar-refractivity contribution in [3.8, 4) is 0 Å². The van der Waals surface area contributed by atoms with E-state index < -0.39 is 0 Å². The fourth-order valence-corrected chi connectivity index (χ4v) is 3.19. The first-order valence-electron chi connectivity index (χ1n) is 8.74. The number of non-ortho nitro benzene ring substituents is 1. The van der Waals surface area contributed by atoms with Gasteiger partial charge in [-0.15, -0.1) is 0 Å². The topological polar surface area (TPSA) is 87.4 Å². The van der Waals surface area contributed by atoms with Crippen LogP contribution in [0, 0.1) is 10.1 Å². The normalized spacial score (nSPS) is 17.7. The molecule has 1 aliphatic rings. The minimum atomic E-state index is -0.348. The number of benzene rings is 1. The number of piperidine rings is 1. The number of hydrogen-bond donors (Lipinski definition) is 1. The van der Waals surface area contributed by atoms with Crippen LogP contribution in [-0.2, 0) is 6.54 Å². The monoisotopic (exact) mass is 356 g/mol. The molecule has 0 saturated carbocycles. The zero-order chi connectivity index (χ0) is 18.5. The van der Waals surface area contributed by atoms with Crippen molar-refractivity contribution in [3.63, 3.8) is 0 Å². The summed E-state index contributed by atoms with van der Waals surface area (Å²) < 4.78 is 0. The van der Waals surface area contributed by atoms with Crippen LogP contribution in [0.1, 0.15) is 18.4 Å². The highest BCUT2D eigenvalue weighted by atomic mass is 16.6. The lowest BCUT2D eigenvalue weighted by molar-refractivity contribution is -0.384. The Balaban J connectivity index is 1.61. The van der Waals surface area contributed by atoms with Gasteiger partial charge in [-0.1, -0.05) is 12.1 Å². The van der Waals surface area contributed by atoms with E-state index in [4.69, 9.17) is 0 Å². The van der Waals surface area contributed by atoms with E-state index in [1.54, 1.807) is 18.3 Å². The molecule has 2 aromatic rings. The Bertz CT molecular complexity index is 767. The largest absolute Gasteiger partial charge is 0.363 e. The van der Waals surface area contributed by atoms with Crippen LogP contribution in [0.3, 0.4) is 0 Å². The Morgan fingerprint density at radius 3 is 3.00 bits per heavy atom. The summed E-state index contributed by atoms with van der Waals surface area (Å²) in [6.45, 7) is 2.55. The van der Waals surface area contributed by atoms with Gasteiger partial charge in [0.2, 0.25) is 5.95 Å². The van der Waals surface area contributed by atoms with Crippen LogP contribution in [0.15, 0.2) is 36.5 Å². The predicted octanol–water partition coefficient (Wildman–Crippen LogP) is 2.53. The summed E-state index contributed by atoms with van der Waals surface area (Å²) in [5, 5.41) is 14.4. The summed E-state index contributed by atoms with van der Waals surface area (Å²) in [7, 11) is 3.90. The highest BCUT2D eigenvalue weighted by molar-refractivity contribution is 5.41. The molecule has 1 saturated heterocycles. The number of likely N-dealkylation sites (tertiary alicyclic amines) is 1. The molecule has 1 fully saturated rings. The van der Waals surface area contributed by atoms with E-state index in [-0.39, 0.29) is 16.7 Å². The minimum Gasteiger partial charge on any atom is -0.363 e. The molecule has 0 aliphatic carbocycles. The van der Waals surface area contributed by atoms with Crippen molar-refractivity contribution in [1.82, 2.24) is 14.9 Å². The van der Waals surface area contributed by atoms with Gasteiger partial charge in [-0.25, -0.2) is 4.98 Å². The van der Waals surface area contributed by atoms with Gasteiger partial charge in [0.15, 0.2) is 0 Å². The van der Waals surface area contributed by atoms with Crippen LogP contribution in [-0.4, -0.2) is 53.0 Å². The maximum atomic E-state index is 10.9. The van der Waals surface area contributed by atoms with Crippen molar-refractivity contribution in [1.29, 1.82) is 0 Å². The summed E-state index contributed by atoms with van der Waals surface area (Å²) in [6.07, 6.45) is 3.88. The third-order valence-electron chi connectivity index (χ3n) is 4.47. The number of nitrogens with zero attached hydrogens (tertiary/aromatic N) is 5. The highest BCUT2D eigenvalue weighted by Gasteiger charge is 2.21. The van der Waals surface area contributed by atoms with E-state index in [1.807, 2.05) is 31.1 Å². The number of nitro benzene ring substituents is 1. The molecule has 8 heteroatoms. The summed E-state index contributed by atoms with van der Waals surface area (Å²) in [6, 6.07) is 9.00. The average Bonchev–Trinajstić information content (AvgIpc) is 2.62. The molecule has 1 atom stereocenters. The number of rotatable bonds is 6. The summed E-state index contributed by atoms with van der Waals surface area (Å²) in [5.41, 5.74) is 1.11. The van der Waals surface area contributed by atoms with Crippen molar-refractivity contribution >= 4 is 17.5 Å². The van der Waals surface area contributed by atoms with E-state index >= 15 is 0 Å². The number of anilines is 2. The van der Waals surface area contributed by atoms with Crippen LogP contribution in [0.2, 0.25) is 0 Å². The smallest absolute Gasteiger partial charge is 0.269 e. The Morgan fingerprint density at radius 1 is 1.38 bits per heavy atom. The molecule has 2 heterocycles. The first kappa shape index (κ1) is 18.1. The zero-order valence-electron chi connectivity index (χ0n) is 15.1. The quantitative estimate of drug-likeness (QED) is 0.628. The molecule has 8 nitrogen and oxygen atoms in total. The van der Waals surface area contributed by atoms with Crippen LogP contribution in [0.5, 0.6) is 0 Å². The van der Waals surface area contributed by atoms with Crippen molar-refractivity contribution in [3.05, 3.63) is 52.2 Å². The second-order valence-electron chi connectivity index (χ2n) is 6.78. The van der Waals surface area contributed by atoms with E-state index in [1.165, 1.54) is 6.07 Å². The number of nitro groups is 1. The Hall–Kier alpha value is -2.74. The second-order valence-corrected chi connectivity index (χ2v) is 6.78. The molecule has 0 amide bonds. The average molecular weight is 356 g/mol. The molecule has 1 aliphatic heterocycles. The summed E-state index contributed by atoms with van der Waals surface area (Å²) in [4.78, 5) is 23.7. The molecule has 3 rings (SSSR count). The van der Waals surface area contributed by atoms with Crippen LogP contribution >= 0.6 is 0 Å². The zero-order valence-corrected chi connectivity index (χ0v) is 15.1. The Morgan fingerprint density at radius 2 is 2.23 bits per heavy atom. The lowest BCUT2D eigenvalue weighted by atomic mass is 10.0. The second kappa shape index (κ2) is 8.09. The highest BCUT2D eigenvalue weighted by Crippen LogP contribution is 2.19. The molecular weight excluding hydrogens is 332 g/mol. The molecule has 26 heavy (non-hydrogen) atoms. The molecule has 0 radical (unpaired) electrons. The van der Waals surface area contributed by atoms with Gasteiger partial charge >= 0.3 is 0 Å². The van der Waals surface area contributed by atoms with Gasteiger partial charge in [-0.2, -0.15) is 4.98 Å². The third kappa shape index (κ3) is 4.66. The van der Waals surface area contributed by atoms with E-state index in [0.717, 1.165) is 37.3 Å². The first-order valence-corrected chi connectivity index (χ1v) is 8.74. The van der Waals surface area contributed by atoms with Gasteiger partial charge in [0.05, 0.1) is 4.92 Å². The van der Waals surface area contributed by atoms with Gasteiger partial charge in [-0.05, 0) is 31.0 Å². The van der Waals surface area contributed by atoms with Crippen LogP contribution in [0.4, 0.5) is 17.5 Å². The van der Waals surface area contributed by atoms with Crippen molar-refractivity contribution in [2.45, 2.75) is 25.4 Å². The maximum absolute atomic E-state index is 10.9. The van der Waals surface area contributed by atoms with E-state index in [0.29, 0.717) is 12.5 Å². The lowest BCUT2D eigenvalue weighted by Crippen LogP contribution is -2.41. The van der Waals surface area contributed by atoms with Gasteiger partial charge in [0, 0.05) is 51.6 Å². The van der Waals surface area contributed by atoms with Crippen LogP contribution < -0.4 is 10.2 Å². The standard InChI is InChI=1S/C18H24N6O2/c1-22(2)17-8-9-19-18(21-17)20-15-6-4-10-23(13-15)12-14-5-3-7-16(11-14)24(25)26/h3,5,7-9,11,15H,4,6,10,12-13H2,1-2H3,(H,19,20,21). The number of nitrogens with one attached hydrogen (secondary N) is 1. The van der Waals surface area contributed by atoms with Gasteiger partial charge in [-0.3, -0.25) is 15.0 Å². The molecule has 1 aromatic heterocycles. The first-order chi connectivity index (χ1) is 12.5. The Labute approximate surface area is 153 Å². The van der Waals surface area contributed by atoms with E-state index in [2.05, 4.69) is 20.2 Å². The molecule has 0 bridgehead atoms. The van der Waals surface area contributed by atoms with Crippen molar-refractivity contribution in [2.75, 3.05) is 37.4 Å². The fraction of sp³-hybridized carbons (Fsp3) is 0.444. The molecule has 138 valence electrons. The third-order valence-corrected chi connectivity index (χ3v) is 4.47. The number of aromatic nitrogens is 2. The summed E-state index contributed by atoms with van der Waals surface area (Å²) in [5.74, 6) is 1.50. The lowest BCUT2D eigenvalue weighted by Gasteiger charge is -2.33. The van der Waals surface area contributed by atoms with Gasteiger partial charge < -0.3 is 10.2 Å². The molecule has 1 unspecified atom stereocenters. The molecule has 0 spiro atoms. The van der Waals surface area contributed by atoms with Crippen molar-refractivity contribution in [2.24, 2.45) is 0 Å².